The molecule has 0 saturated carbocycles. The van der Waals surface area contributed by atoms with Crippen molar-refractivity contribution >= 4 is 12.1 Å². The van der Waals surface area contributed by atoms with E-state index in [9.17, 15) is 9.18 Å². The second-order valence-electron chi connectivity index (χ2n) is 7.51. The molecule has 1 aliphatic heterocycles. The lowest BCUT2D eigenvalue weighted by Gasteiger charge is -2.27. The van der Waals surface area contributed by atoms with Gasteiger partial charge in [-0.2, -0.15) is 0 Å². The van der Waals surface area contributed by atoms with Crippen molar-refractivity contribution in [3.63, 3.8) is 0 Å². The van der Waals surface area contributed by atoms with Crippen LogP contribution in [0.25, 0.3) is 11.1 Å². The minimum atomic E-state index is -0.318. The molecule has 0 fully saturated rings. The van der Waals surface area contributed by atoms with Crippen LogP contribution in [0.1, 0.15) is 46.9 Å². The van der Waals surface area contributed by atoms with Crippen LogP contribution < -0.4 is 4.74 Å². The molecule has 0 saturated heterocycles. The Balaban J connectivity index is 1.64. The van der Waals surface area contributed by atoms with Gasteiger partial charge in [0.15, 0.2) is 0 Å². The number of hydrogen-bond acceptors (Lipinski definition) is 4. The number of aliphatic imine (C=N–C) groups is 1. The van der Waals surface area contributed by atoms with E-state index in [2.05, 4.69) is 9.98 Å². The lowest BCUT2D eigenvalue weighted by molar-refractivity contribution is 0.0741. The first-order valence-electron chi connectivity index (χ1n) is 10.3. The maximum absolute atomic E-state index is 13.7. The van der Waals surface area contributed by atoms with Gasteiger partial charge >= 0.3 is 0 Å². The number of hydrogen-bond donors (Lipinski definition) is 0. The number of fused-ring (bicyclic) bond motifs is 1. The second kappa shape index (κ2) is 8.68. The summed E-state index contributed by atoms with van der Waals surface area (Å²) in [6.45, 7) is 4.91. The topological polar surface area (TPSA) is 54.8 Å². The number of aromatic nitrogens is 1. The Hall–Kier alpha value is -3.54. The van der Waals surface area contributed by atoms with Gasteiger partial charge in [-0.1, -0.05) is 12.1 Å². The summed E-state index contributed by atoms with van der Waals surface area (Å²) < 4.78 is 19.5. The predicted molar refractivity (Wildman–Crippen MR) is 119 cm³/mol. The van der Waals surface area contributed by atoms with Gasteiger partial charge in [-0.15, -0.1) is 0 Å². The number of amides is 1. The maximum Gasteiger partial charge on any atom is 0.254 e. The zero-order valence-electron chi connectivity index (χ0n) is 17.8. The summed E-state index contributed by atoms with van der Waals surface area (Å²) in [5, 5.41) is 0. The van der Waals surface area contributed by atoms with Gasteiger partial charge in [0.2, 0.25) is 0 Å². The van der Waals surface area contributed by atoms with Crippen molar-refractivity contribution in [3.8, 4) is 16.9 Å². The quantitative estimate of drug-likeness (QED) is 0.564. The van der Waals surface area contributed by atoms with E-state index in [-0.39, 0.29) is 17.8 Å². The summed E-state index contributed by atoms with van der Waals surface area (Å²) in [6, 6.07) is 11.5. The smallest absolute Gasteiger partial charge is 0.254 e. The second-order valence-corrected chi connectivity index (χ2v) is 7.51. The highest BCUT2D eigenvalue weighted by Crippen LogP contribution is 2.33. The van der Waals surface area contributed by atoms with Crippen LogP contribution in [-0.2, 0) is 6.54 Å². The van der Waals surface area contributed by atoms with Crippen molar-refractivity contribution in [2.45, 2.75) is 26.4 Å². The van der Waals surface area contributed by atoms with Gasteiger partial charge in [0.05, 0.1) is 19.2 Å². The van der Waals surface area contributed by atoms with Crippen molar-refractivity contribution in [2.75, 3.05) is 13.7 Å². The molecule has 0 aliphatic carbocycles. The molecule has 31 heavy (non-hydrogen) atoms. The van der Waals surface area contributed by atoms with Crippen LogP contribution in [0.3, 0.4) is 0 Å². The first-order valence-corrected chi connectivity index (χ1v) is 10.3. The molecule has 158 valence electrons. The van der Waals surface area contributed by atoms with E-state index >= 15 is 0 Å². The predicted octanol–water partition coefficient (Wildman–Crippen LogP) is 5.05. The van der Waals surface area contributed by atoms with Gasteiger partial charge < -0.3 is 9.64 Å². The third-order valence-corrected chi connectivity index (χ3v) is 5.62. The highest BCUT2D eigenvalue weighted by Gasteiger charge is 2.24. The monoisotopic (exact) mass is 417 g/mol. The van der Waals surface area contributed by atoms with E-state index in [0.29, 0.717) is 30.0 Å². The van der Waals surface area contributed by atoms with Crippen molar-refractivity contribution in [3.05, 3.63) is 82.9 Å². The van der Waals surface area contributed by atoms with Crippen LogP contribution >= 0.6 is 0 Å². The summed E-state index contributed by atoms with van der Waals surface area (Å²) >= 11 is 0. The van der Waals surface area contributed by atoms with Gasteiger partial charge in [-0.3, -0.25) is 14.8 Å². The first-order chi connectivity index (χ1) is 15.0. The number of halogens is 1. The summed E-state index contributed by atoms with van der Waals surface area (Å²) in [6.07, 6.45) is 5.42. The van der Waals surface area contributed by atoms with Crippen LogP contribution in [0.15, 0.2) is 59.9 Å². The number of carbonyl (C=O) groups excluding carboxylic acids is 1. The number of pyridine rings is 1. The molecule has 2 aromatic carbocycles. The fourth-order valence-electron chi connectivity index (χ4n) is 3.82. The van der Waals surface area contributed by atoms with Crippen LogP contribution in [0, 0.1) is 5.82 Å². The normalized spacial score (nSPS) is 13.0. The van der Waals surface area contributed by atoms with Gasteiger partial charge in [0.25, 0.3) is 5.91 Å². The molecule has 6 heteroatoms. The Labute approximate surface area is 181 Å². The Morgan fingerprint density at radius 3 is 2.84 bits per heavy atom. The Morgan fingerprint density at radius 1 is 1.23 bits per heavy atom. The number of benzene rings is 2. The van der Waals surface area contributed by atoms with Crippen LogP contribution in [0.5, 0.6) is 5.75 Å². The largest absolute Gasteiger partial charge is 0.493 e. The Morgan fingerprint density at radius 2 is 2.06 bits per heavy atom. The molecule has 1 atom stereocenters. The van der Waals surface area contributed by atoms with Gasteiger partial charge in [-0.05, 0) is 60.9 Å². The van der Waals surface area contributed by atoms with Crippen LogP contribution in [0.4, 0.5) is 4.39 Å². The number of carbonyl (C=O) groups is 1. The maximum atomic E-state index is 13.7. The molecule has 4 rings (SSSR count). The minimum absolute atomic E-state index is 0.129. The van der Waals surface area contributed by atoms with E-state index in [1.807, 2.05) is 26.1 Å². The molecule has 2 heterocycles. The standard InChI is InChI=1S/C25H24FN3O2/c1-4-31-24-11-18(8-9-21(24)17-6-5-7-20(26)10-17)25(30)29(3)16(2)22-14-27-12-19-13-28-15-23(19)22/h5-14,16H,4,15H2,1-3H3/t16-/m1/s1. The van der Waals surface area contributed by atoms with E-state index in [0.717, 1.165) is 22.3 Å². The molecular formula is C25H24FN3O2. The summed E-state index contributed by atoms with van der Waals surface area (Å²) in [4.78, 5) is 23.6. The van der Waals surface area contributed by atoms with E-state index in [4.69, 9.17) is 4.74 Å². The average Bonchev–Trinajstić information content (AvgIpc) is 3.27. The minimum Gasteiger partial charge on any atom is -0.493 e. The lowest BCUT2D eigenvalue weighted by atomic mass is 9.99. The number of nitrogens with zero attached hydrogens (tertiary/aromatic N) is 3. The SMILES string of the molecule is CCOc1cc(C(=O)N(C)[C@H](C)c2cncc3c2CN=C3)ccc1-c1cccc(F)c1. The summed E-state index contributed by atoms with van der Waals surface area (Å²) in [5.41, 5.74) is 5.06. The van der Waals surface area contributed by atoms with E-state index in [1.165, 1.54) is 12.1 Å². The molecular weight excluding hydrogens is 393 g/mol. The molecule has 0 radical (unpaired) electrons. The Bertz CT molecular complexity index is 1160. The zero-order chi connectivity index (χ0) is 22.0. The lowest BCUT2D eigenvalue weighted by Crippen LogP contribution is -2.30. The van der Waals surface area contributed by atoms with Gasteiger partial charge in [0.1, 0.15) is 11.6 Å². The highest BCUT2D eigenvalue weighted by molar-refractivity contribution is 5.96. The first kappa shape index (κ1) is 20.7. The molecule has 5 nitrogen and oxygen atoms in total. The summed E-state index contributed by atoms with van der Waals surface area (Å²) in [5.74, 6) is 0.105. The van der Waals surface area contributed by atoms with Crippen LogP contribution in [-0.4, -0.2) is 35.7 Å². The van der Waals surface area contributed by atoms with Crippen LogP contribution in [0.2, 0.25) is 0 Å². The summed E-state index contributed by atoms with van der Waals surface area (Å²) in [7, 11) is 1.78. The molecule has 0 spiro atoms. The van der Waals surface area contributed by atoms with Crippen molar-refractivity contribution < 1.29 is 13.9 Å². The molecule has 0 N–H and O–H groups in total. The Kier molecular flexibility index (Phi) is 5.80. The fourth-order valence-corrected chi connectivity index (χ4v) is 3.82. The van der Waals surface area contributed by atoms with Crippen molar-refractivity contribution in [2.24, 2.45) is 4.99 Å². The molecule has 3 aromatic rings. The molecule has 0 unspecified atom stereocenters. The number of rotatable bonds is 6. The number of ether oxygens (including phenoxy) is 1. The molecule has 1 aliphatic rings. The van der Waals surface area contributed by atoms with Crippen molar-refractivity contribution in [1.82, 2.24) is 9.88 Å². The average molecular weight is 417 g/mol. The molecule has 0 bridgehead atoms. The zero-order valence-corrected chi connectivity index (χ0v) is 17.8. The van der Waals surface area contributed by atoms with Gasteiger partial charge in [0, 0.05) is 42.3 Å². The molecule has 1 aromatic heterocycles. The van der Waals surface area contributed by atoms with E-state index in [1.54, 1.807) is 48.6 Å². The van der Waals surface area contributed by atoms with Gasteiger partial charge in [-0.25, -0.2) is 4.39 Å². The molecule has 1 amide bonds. The third-order valence-electron chi connectivity index (χ3n) is 5.62. The van der Waals surface area contributed by atoms with Crippen molar-refractivity contribution in [1.29, 1.82) is 0 Å². The fraction of sp³-hybridized carbons (Fsp3) is 0.240. The van der Waals surface area contributed by atoms with E-state index < -0.39 is 0 Å². The third kappa shape index (κ3) is 4.06. The highest BCUT2D eigenvalue weighted by atomic mass is 19.1.